The van der Waals surface area contributed by atoms with Gasteiger partial charge in [-0.25, -0.2) is 0 Å². The van der Waals surface area contributed by atoms with Gasteiger partial charge < -0.3 is 10.6 Å². The third kappa shape index (κ3) is 0.899. The summed E-state index contributed by atoms with van der Waals surface area (Å²) in [4.78, 5) is 10.4. The lowest BCUT2D eigenvalue weighted by molar-refractivity contribution is -0.120. The Hall–Kier alpha value is -0.570. The molecule has 1 fully saturated rings. The summed E-state index contributed by atoms with van der Waals surface area (Å²) in [5, 5.41) is 5.40. The Bertz CT molecular complexity index is 87.7. The van der Waals surface area contributed by atoms with Crippen molar-refractivity contribution in [2.75, 3.05) is 13.6 Å². The fourth-order valence-electron chi connectivity index (χ4n) is 0.419. The third-order valence-electron chi connectivity index (χ3n) is 0.971. The van der Waals surface area contributed by atoms with Gasteiger partial charge in [0, 0.05) is 13.6 Å². The molecular weight excluding hydrogens is 92.1 g/mol. The van der Waals surface area contributed by atoms with Gasteiger partial charge in [0.2, 0.25) is 5.91 Å². The molecule has 0 radical (unpaired) electrons. The van der Waals surface area contributed by atoms with Crippen molar-refractivity contribution in [1.82, 2.24) is 10.6 Å². The Labute approximate surface area is 42.1 Å². The van der Waals surface area contributed by atoms with Crippen LogP contribution >= 0.6 is 0 Å². The highest BCUT2D eigenvalue weighted by atomic mass is 16.2. The van der Waals surface area contributed by atoms with Crippen LogP contribution in [0.25, 0.3) is 0 Å². The van der Waals surface area contributed by atoms with Gasteiger partial charge in [-0.05, 0) is 0 Å². The zero-order valence-electron chi connectivity index (χ0n) is 4.19. The van der Waals surface area contributed by atoms with Crippen molar-refractivity contribution in [3.05, 3.63) is 0 Å². The van der Waals surface area contributed by atoms with E-state index >= 15 is 0 Å². The zero-order valence-corrected chi connectivity index (χ0v) is 4.19. The minimum Gasteiger partial charge on any atom is -0.358 e. The SMILES string of the molecule is CNC(=O)[C@@H]1CN1. The van der Waals surface area contributed by atoms with Crippen LogP contribution in [0, 0.1) is 0 Å². The zero-order chi connectivity index (χ0) is 5.28. The number of carbonyl (C=O) groups excluding carboxylic acids is 1. The van der Waals surface area contributed by atoms with Crippen LogP contribution in [0.5, 0.6) is 0 Å². The topological polar surface area (TPSA) is 51.0 Å². The second-order valence-corrected chi connectivity index (χ2v) is 1.58. The standard InChI is InChI=1S/C4H8N2O/c1-5-4(7)3-2-6-3/h3,6H,2H2,1H3,(H,5,7)/t3-/m0/s1. The monoisotopic (exact) mass is 100 g/mol. The minimum absolute atomic E-state index is 0.0972. The summed E-state index contributed by atoms with van der Waals surface area (Å²) < 4.78 is 0. The molecular formula is C4H8N2O. The van der Waals surface area contributed by atoms with E-state index in [1.54, 1.807) is 7.05 Å². The van der Waals surface area contributed by atoms with Crippen LogP contribution < -0.4 is 10.6 Å². The highest BCUT2D eigenvalue weighted by Gasteiger charge is 2.26. The average molecular weight is 100 g/mol. The van der Waals surface area contributed by atoms with E-state index in [9.17, 15) is 4.79 Å². The molecule has 0 aliphatic carbocycles. The average Bonchev–Trinajstić information content (AvgIpc) is 2.44. The molecule has 1 heterocycles. The number of amides is 1. The molecule has 1 rings (SSSR count). The molecule has 3 heteroatoms. The van der Waals surface area contributed by atoms with Crippen LogP contribution in [-0.2, 0) is 4.79 Å². The van der Waals surface area contributed by atoms with Crippen LogP contribution in [0.2, 0.25) is 0 Å². The molecule has 2 N–H and O–H groups in total. The Morgan fingerprint density at radius 3 is 2.71 bits per heavy atom. The molecule has 0 saturated carbocycles. The van der Waals surface area contributed by atoms with E-state index in [1.807, 2.05) is 0 Å². The van der Waals surface area contributed by atoms with E-state index in [2.05, 4.69) is 10.6 Å². The Morgan fingerprint density at radius 2 is 2.57 bits per heavy atom. The summed E-state index contributed by atoms with van der Waals surface area (Å²) >= 11 is 0. The molecule has 7 heavy (non-hydrogen) atoms. The van der Waals surface area contributed by atoms with E-state index in [0.717, 1.165) is 6.54 Å². The summed E-state index contributed by atoms with van der Waals surface area (Å²) in [6.45, 7) is 0.847. The van der Waals surface area contributed by atoms with Crippen LogP contribution in [0.4, 0.5) is 0 Å². The summed E-state index contributed by atoms with van der Waals surface area (Å²) in [5.74, 6) is 0.0972. The quantitative estimate of drug-likeness (QED) is 0.402. The fourth-order valence-corrected chi connectivity index (χ4v) is 0.419. The fraction of sp³-hybridized carbons (Fsp3) is 0.750. The van der Waals surface area contributed by atoms with Gasteiger partial charge in [-0.3, -0.25) is 4.79 Å². The van der Waals surface area contributed by atoms with Crippen LogP contribution in [-0.4, -0.2) is 25.5 Å². The van der Waals surface area contributed by atoms with Crippen LogP contribution in [0.1, 0.15) is 0 Å². The highest BCUT2D eigenvalue weighted by Crippen LogP contribution is 1.93. The van der Waals surface area contributed by atoms with Gasteiger partial charge in [0.05, 0.1) is 6.04 Å². The molecule has 0 aromatic heterocycles. The first-order valence-corrected chi connectivity index (χ1v) is 2.29. The molecule has 1 aliphatic rings. The van der Waals surface area contributed by atoms with Crippen molar-refractivity contribution in [3.8, 4) is 0 Å². The largest absolute Gasteiger partial charge is 0.358 e. The molecule has 0 bridgehead atoms. The van der Waals surface area contributed by atoms with Crippen molar-refractivity contribution in [2.24, 2.45) is 0 Å². The van der Waals surface area contributed by atoms with E-state index in [0.29, 0.717) is 0 Å². The molecule has 40 valence electrons. The predicted octanol–water partition coefficient (Wildman–Crippen LogP) is -1.30. The lowest BCUT2D eigenvalue weighted by atomic mass is 10.4. The van der Waals surface area contributed by atoms with Crippen molar-refractivity contribution in [1.29, 1.82) is 0 Å². The van der Waals surface area contributed by atoms with E-state index < -0.39 is 0 Å². The third-order valence-corrected chi connectivity index (χ3v) is 0.971. The normalized spacial score (nSPS) is 26.7. The molecule has 1 aliphatic heterocycles. The number of hydrogen-bond donors (Lipinski definition) is 2. The molecule has 0 aromatic carbocycles. The number of nitrogens with one attached hydrogen (secondary N) is 2. The molecule has 0 unspecified atom stereocenters. The first-order chi connectivity index (χ1) is 3.34. The van der Waals surface area contributed by atoms with Crippen molar-refractivity contribution in [3.63, 3.8) is 0 Å². The number of hydrogen-bond acceptors (Lipinski definition) is 2. The lowest BCUT2D eigenvalue weighted by Crippen LogP contribution is -2.24. The number of likely N-dealkylation sites (N-methyl/N-ethyl adjacent to an activating group) is 1. The lowest BCUT2D eigenvalue weighted by Gasteiger charge is -1.88. The van der Waals surface area contributed by atoms with Gasteiger partial charge in [0.1, 0.15) is 0 Å². The Kier molecular flexibility index (Phi) is 0.982. The smallest absolute Gasteiger partial charge is 0.238 e. The maximum atomic E-state index is 10.4. The first kappa shape index (κ1) is 4.59. The Morgan fingerprint density at radius 1 is 2.00 bits per heavy atom. The summed E-state index contributed by atoms with van der Waals surface area (Å²) in [6, 6.07) is 0.116. The summed E-state index contributed by atoms with van der Waals surface area (Å²) in [5.41, 5.74) is 0. The number of carbonyl (C=O) groups is 1. The maximum absolute atomic E-state index is 10.4. The molecule has 0 spiro atoms. The minimum atomic E-state index is 0.0972. The van der Waals surface area contributed by atoms with Crippen LogP contribution in [0.15, 0.2) is 0 Å². The van der Waals surface area contributed by atoms with E-state index in [4.69, 9.17) is 0 Å². The second-order valence-electron chi connectivity index (χ2n) is 1.58. The van der Waals surface area contributed by atoms with Gasteiger partial charge in [-0.2, -0.15) is 0 Å². The van der Waals surface area contributed by atoms with Crippen molar-refractivity contribution < 1.29 is 4.79 Å². The molecule has 3 nitrogen and oxygen atoms in total. The first-order valence-electron chi connectivity index (χ1n) is 2.29. The van der Waals surface area contributed by atoms with E-state index in [1.165, 1.54) is 0 Å². The van der Waals surface area contributed by atoms with E-state index in [-0.39, 0.29) is 11.9 Å². The van der Waals surface area contributed by atoms with Crippen molar-refractivity contribution in [2.45, 2.75) is 6.04 Å². The Balaban J connectivity index is 2.24. The number of rotatable bonds is 1. The van der Waals surface area contributed by atoms with Gasteiger partial charge >= 0.3 is 0 Å². The van der Waals surface area contributed by atoms with Crippen molar-refractivity contribution >= 4 is 5.91 Å². The highest BCUT2D eigenvalue weighted by molar-refractivity contribution is 5.84. The van der Waals surface area contributed by atoms with Crippen LogP contribution in [0.3, 0.4) is 0 Å². The van der Waals surface area contributed by atoms with Gasteiger partial charge in [-0.1, -0.05) is 0 Å². The molecule has 0 aromatic rings. The van der Waals surface area contributed by atoms with Gasteiger partial charge in [-0.15, -0.1) is 0 Å². The molecule has 1 atom stereocenters. The van der Waals surface area contributed by atoms with Gasteiger partial charge in [0.25, 0.3) is 0 Å². The maximum Gasteiger partial charge on any atom is 0.238 e. The summed E-state index contributed by atoms with van der Waals surface area (Å²) in [7, 11) is 1.64. The molecule has 1 amide bonds. The van der Waals surface area contributed by atoms with Gasteiger partial charge in [0.15, 0.2) is 0 Å². The predicted molar refractivity (Wildman–Crippen MR) is 25.9 cm³/mol. The second kappa shape index (κ2) is 1.50. The molecule has 1 saturated heterocycles. The summed E-state index contributed by atoms with van der Waals surface area (Å²) in [6.07, 6.45) is 0.